The van der Waals surface area contributed by atoms with Crippen molar-refractivity contribution in [2.45, 2.75) is 46.1 Å². The molecule has 0 N–H and O–H groups in total. The number of hydrogen-bond acceptors (Lipinski definition) is 7. The Bertz CT molecular complexity index is 1180. The van der Waals surface area contributed by atoms with E-state index in [0.29, 0.717) is 25.5 Å². The maximum absolute atomic E-state index is 11.4. The molecule has 9 heteroatoms. The van der Waals surface area contributed by atoms with Gasteiger partial charge in [0, 0.05) is 67.7 Å². The van der Waals surface area contributed by atoms with Gasteiger partial charge in [0.25, 0.3) is 5.69 Å². The quantitative estimate of drug-likeness (QED) is 0.112. The monoisotopic (exact) mass is 469 g/mol. The topological polar surface area (TPSA) is 105 Å². The lowest BCUT2D eigenvalue weighted by Crippen LogP contribution is -2.07. The van der Waals surface area contributed by atoms with E-state index in [2.05, 4.69) is 9.72 Å². The number of nitro groups is 1. The summed E-state index contributed by atoms with van der Waals surface area (Å²) in [6, 6.07) is 10.7. The average molecular weight is 470 g/mol. The fourth-order valence-electron chi connectivity index (χ4n) is 3.92. The van der Waals surface area contributed by atoms with Crippen LogP contribution in [0.5, 0.6) is 0 Å². The highest BCUT2D eigenvalue weighted by atomic mass is 16.7. The van der Waals surface area contributed by atoms with Crippen LogP contribution in [0.25, 0.3) is 21.8 Å². The van der Waals surface area contributed by atoms with Gasteiger partial charge in [0.05, 0.1) is 17.2 Å². The Balaban J connectivity index is 1.82. The Morgan fingerprint density at radius 3 is 2.32 bits per heavy atom. The van der Waals surface area contributed by atoms with Crippen molar-refractivity contribution in [3.8, 4) is 0 Å². The SMILES string of the molecule is COCCCCCCOCCn1c2ccc(C(C)=NOC(C)=O)cc2c2cc([N+](=O)[O-])ccc21. The highest BCUT2D eigenvalue weighted by Crippen LogP contribution is 2.32. The van der Waals surface area contributed by atoms with Crippen LogP contribution in [0, 0.1) is 10.1 Å². The van der Waals surface area contributed by atoms with E-state index in [1.165, 1.54) is 13.0 Å². The molecule has 0 unspecified atom stereocenters. The molecule has 0 aliphatic carbocycles. The molecule has 0 amide bonds. The van der Waals surface area contributed by atoms with Crippen molar-refractivity contribution < 1.29 is 24.0 Å². The number of ether oxygens (including phenoxy) is 2. The summed E-state index contributed by atoms with van der Waals surface area (Å²) in [4.78, 5) is 26.8. The number of aromatic nitrogens is 1. The van der Waals surface area contributed by atoms with Crippen LogP contribution in [0.1, 0.15) is 45.1 Å². The van der Waals surface area contributed by atoms with E-state index in [1.807, 2.05) is 18.2 Å². The smallest absolute Gasteiger partial charge is 0.331 e. The summed E-state index contributed by atoms with van der Waals surface area (Å²) >= 11 is 0. The van der Waals surface area contributed by atoms with Gasteiger partial charge in [-0.1, -0.05) is 24.1 Å². The number of nitro benzene ring substituents is 1. The van der Waals surface area contributed by atoms with Crippen LogP contribution in [-0.4, -0.2) is 48.1 Å². The number of nitrogens with zero attached hydrogens (tertiary/aromatic N) is 3. The Labute approximate surface area is 198 Å². The summed E-state index contributed by atoms with van der Waals surface area (Å²) in [6.07, 6.45) is 4.31. The molecule has 9 nitrogen and oxygen atoms in total. The number of carbonyl (C=O) groups is 1. The fourth-order valence-corrected chi connectivity index (χ4v) is 3.92. The molecule has 0 radical (unpaired) electrons. The van der Waals surface area contributed by atoms with E-state index in [-0.39, 0.29) is 5.69 Å². The zero-order chi connectivity index (χ0) is 24.5. The van der Waals surface area contributed by atoms with Crippen LogP contribution < -0.4 is 0 Å². The molecule has 0 spiro atoms. The number of fused-ring (bicyclic) bond motifs is 3. The van der Waals surface area contributed by atoms with Crippen LogP contribution in [0.15, 0.2) is 41.6 Å². The van der Waals surface area contributed by atoms with E-state index in [1.54, 1.807) is 26.2 Å². The number of non-ortho nitro benzene ring substituents is 1. The van der Waals surface area contributed by atoms with Crippen molar-refractivity contribution in [1.82, 2.24) is 4.57 Å². The molecule has 34 heavy (non-hydrogen) atoms. The third kappa shape index (κ3) is 6.39. The summed E-state index contributed by atoms with van der Waals surface area (Å²) in [5.41, 5.74) is 3.19. The van der Waals surface area contributed by atoms with Crippen LogP contribution in [0.4, 0.5) is 5.69 Å². The van der Waals surface area contributed by atoms with Gasteiger partial charge in [-0.3, -0.25) is 10.1 Å². The third-order valence-electron chi connectivity index (χ3n) is 5.63. The van der Waals surface area contributed by atoms with Crippen molar-refractivity contribution in [1.29, 1.82) is 0 Å². The number of unbranched alkanes of at least 4 members (excludes halogenated alkanes) is 3. The van der Waals surface area contributed by atoms with Crippen molar-refractivity contribution in [3.63, 3.8) is 0 Å². The molecule has 3 aromatic rings. The molecule has 0 saturated carbocycles. The lowest BCUT2D eigenvalue weighted by Gasteiger charge is -2.09. The van der Waals surface area contributed by atoms with E-state index in [0.717, 1.165) is 59.7 Å². The zero-order valence-corrected chi connectivity index (χ0v) is 19.9. The third-order valence-corrected chi connectivity index (χ3v) is 5.63. The van der Waals surface area contributed by atoms with Gasteiger partial charge in [-0.15, -0.1) is 0 Å². The summed E-state index contributed by atoms with van der Waals surface area (Å²) in [7, 11) is 1.72. The first-order valence-corrected chi connectivity index (χ1v) is 11.4. The van der Waals surface area contributed by atoms with E-state index < -0.39 is 10.9 Å². The van der Waals surface area contributed by atoms with Crippen LogP contribution in [0.2, 0.25) is 0 Å². The molecular formula is C25H31N3O6. The molecule has 3 rings (SSSR count). The molecule has 2 aromatic carbocycles. The minimum absolute atomic E-state index is 0.0342. The van der Waals surface area contributed by atoms with E-state index in [9.17, 15) is 14.9 Å². The van der Waals surface area contributed by atoms with Gasteiger partial charge in [-0.2, -0.15) is 0 Å². The Kier molecular flexibility index (Phi) is 9.12. The second-order valence-corrected chi connectivity index (χ2v) is 8.12. The molecule has 0 saturated heterocycles. The summed E-state index contributed by atoms with van der Waals surface area (Å²) in [5.74, 6) is -0.498. The first kappa shape index (κ1) is 25.3. The molecular weight excluding hydrogens is 438 g/mol. The van der Waals surface area contributed by atoms with Crippen molar-refractivity contribution in [2.24, 2.45) is 5.16 Å². The van der Waals surface area contributed by atoms with Gasteiger partial charge in [0.1, 0.15) is 0 Å². The minimum atomic E-state index is -0.498. The molecule has 182 valence electrons. The Morgan fingerprint density at radius 1 is 0.971 bits per heavy atom. The number of rotatable bonds is 13. The molecule has 0 atom stereocenters. The number of oxime groups is 1. The Hall–Kier alpha value is -3.30. The van der Waals surface area contributed by atoms with Gasteiger partial charge in [0.15, 0.2) is 0 Å². The van der Waals surface area contributed by atoms with Gasteiger partial charge in [0.2, 0.25) is 0 Å². The molecule has 1 aromatic heterocycles. The van der Waals surface area contributed by atoms with E-state index >= 15 is 0 Å². The normalized spacial score (nSPS) is 11.9. The van der Waals surface area contributed by atoms with Gasteiger partial charge >= 0.3 is 5.97 Å². The standard InChI is InChI=1S/C25H31N3O6/c1-18(26-34-19(2)29)20-8-10-24-22(16-20)23-17-21(28(30)31)9-11-25(23)27(24)12-15-33-14-7-5-4-6-13-32-3/h8-11,16-17H,4-7,12-15H2,1-3H3. The number of hydrogen-bond donors (Lipinski definition) is 0. The largest absolute Gasteiger partial charge is 0.385 e. The highest BCUT2D eigenvalue weighted by Gasteiger charge is 2.16. The molecule has 0 fully saturated rings. The zero-order valence-electron chi connectivity index (χ0n) is 19.9. The van der Waals surface area contributed by atoms with Crippen molar-refractivity contribution >= 4 is 39.2 Å². The fraction of sp³-hybridized carbons (Fsp3) is 0.440. The van der Waals surface area contributed by atoms with Crippen molar-refractivity contribution in [2.75, 3.05) is 26.9 Å². The first-order chi connectivity index (χ1) is 16.4. The van der Waals surface area contributed by atoms with E-state index in [4.69, 9.17) is 14.3 Å². The predicted octanol–water partition coefficient (Wildman–Crippen LogP) is 5.21. The summed E-state index contributed by atoms with van der Waals surface area (Å²) in [6.45, 7) is 5.70. The second-order valence-electron chi connectivity index (χ2n) is 8.12. The highest BCUT2D eigenvalue weighted by molar-refractivity contribution is 6.12. The number of carbonyl (C=O) groups excluding carboxylic acids is 1. The molecule has 0 aliphatic rings. The lowest BCUT2D eigenvalue weighted by atomic mass is 10.1. The summed E-state index contributed by atoms with van der Waals surface area (Å²) < 4.78 is 13.0. The van der Waals surface area contributed by atoms with Gasteiger partial charge in [-0.25, -0.2) is 4.79 Å². The maximum Gasteiger partial charge on any atom is 0.331 e. The minimum Gasteiger partial charge on any atom is -0.385 e. The van der Waals surface area contributed by atoms with Gasteiger partial charge < -0.3 is 18.9 Å². The molecule has 1 heterocycles. The maximum atomic E-state index is 11.4. The number of methoxy groups -OCH3 is 1. The van der Waals surface area contributed by atoms with Crippen LogP contribution >= 0.6 is 0 Å². The Morgan fingerprint density at radius 2 is 1.65 bits per heavy atom. The average Bonchev–Trinajstić information content (AvgIpc) is 3.13. The second kappa shape index (κ2) is 12.2. The van der Waals surface area contributed by atoms with Crippen LogP contribution in [-0.2, 0) is 25.7 Å². The van der Waals surface area contributed by atoms with Crippen molar-refractivity contribution in [3.05, 3.63) is 52.1 Å². The number of benzene rings is 2. The predicted molar refractivity (Wildman–Crippen MR) is 131 cm³/mol. The molecule has 0 bridgehead atoms. The van der Waals surface area contributed by atoms with Crippen LogP contribution in [0.3, 0.4) is 0 Å². The van der Waals surface area contributed by atoms with Gasteiger partial charge in [-0.05, 0) is 43.5 Å². The lowest BCUT2D eigenvalue weighted by molar-refractivity contribution is -0.384. The summed E-state index contributed by atoms with van der Waals surface area (Å²) in [5, 5.41) is 16.9. The molecule has 0 aliphatic heterocycles. The first-order valence-electron chi connectivity index (χ1n) is 11.4.